The number of carbonyl (C=O) groups excluding carboxylic acids is 1. The molecule has 2 rings (SSSR count). The minimum Gasteiger partial charge on any atom is -0.467 e. The third kappa shape index (κ3) is 2.83. The standard InChI is InChI=1S/C11H18N6O2/c1-4-12-9-14-10(16-11(15-9)19-3)17-6-5-13-8(18)7(17)2/h7H,4-6H2,1-3H3,(H,13,18)(H,12,14,15,16). The first-order valence-corrected chi connectivity index (χ1v) is 6.24. The summed E-state index contributed by atoms with van der Waals surface area (Å²) in [7, 11) is 1.50. The van der Waals surface area contributed by atoms with Gasteiger partial charge in [0.1, 0.15) is 6.04 Å². The Morgan fingerprint density at radius 2 is 2.26 bits per heavy atom. The molecule has 1 aromatic rings. The molecule has 1 fully saturated rings. The third-order valence-corrected chi connectivity index (χ3v) is 2.88. The molecule has 104 valence electrons. The molecular weight excluding hydrogens is 248 g/mol. The first kappa shape index (κ1) is 13.3. The maximum Gasteiger partial charge on any atom is 0.322 e. The van der Waals surface area contributed by atoms with Gasteiger partial charge in [0.2, 0.25) is 17.8 Å². The van der Waals surface area contributed by atoms with Crippen molar-refractivity contribution in [1.82, 2.24) is 20.3 Å². The first-order valence-electron chi connectivity index (χ1n) is 6.24. The monoisotopic (exact) mass is 266 g/mol. The van der Waals surface area contributed by atoms with Crippen molar-refractivity contribution in [1.29, 1.82) is 0 Å². The Balaban J connectivity index is 2.31. The van der Waals surface area contributed by atoms with Gasteiger partial charge in [0, 0.05) is 19.6 Å². The highest BCUT2D eigenvalue weighted by molar-refractivity contribution is 5.85. The molecule has 1 atom stereocenters. The van der Waals surface area contributed by atoms with E-state index in [0.29, 0.717) is 31.5 Å². The number of hydrogen-bond acceptors (Lipinski definition) is 7. The molecule has 2 N–H and O–H groups in total. The van der Waals surface area contributed by atoms with Gasteiger partial charge in [-0.05, 0) is 13.8 Å². The van der Waals surface area contributed by atoms with E-state index in [0.717, 1.165) is 0 Å². The van der Waals surface area contributed by atoms with Gasteiger partial charge >= 0.3 is 6.01 Å². The highest BCUT2D eigenvalue weighted by Crippen LogP contribution is 2.18. The van der Waals surface area contributed by atoms with E-state index in [9.17, 15) is 4.79 Å². The lowest BCUT2D eigenvalue weighted by Gasteiger charge is -2.32. The highest BCUT2D eigenvalue weighted by atomic mass is 16.5. The zero-order valence-corrected chi connectivity index (χ0v) is 11.3. The van der Waals surface area contributed by atoms with Gasteiger partial charge in [-0.3, -0.25) is 4.79 Å². The van der Waals surface area contributed by atoms with Crippen molar-refractivity contribution in [2.45, 2.75) is 19.9 Å². The Bertz CT molecular complexity index is 466. The Hall–Kier alpha value is -2.12. The van der Waals surface area contributed by atoms with Crippen LogP contribution in [0, 0.1) is 0 Å². The quantitative estimate of drug-likeness (QED) is 0.768. The summed E-state index contributed by atoms with van der Waals surface area (Å²) in [5.41, 5.74) is 0. The van der Waals surface area contributed by atoms with E-state index in [2.05, 4.69) is 25.6 Å². The largest absolute Gasteiger partial charge is 0.467 e. The molecule has 2 heterocycles. The van der Waals surface area contributed by atoms with Crippen molar-refractivity contribution in [3.8, 4) is 6.01 Å². The minimum atomic E-state index is -0.310. The zero-order valence-electron chi connectivity index (χ0n) is 11.3. The molecule has 0 bridgehead atoms. The molecule has 0 aromatic carbocycles. The zero-order chi connectivity index (χ0) is 13.8. The van der Waals surface area contributed by atoms with E-state index in [1.807, 2.05) is 18.7 Å². The maximum absolute atomic E-state index is 11.7. The van der Waals surface area contributed by atoms with Gasteiger partial charge in [-0.25, -0.2) is 0 Å². The second-order valence-corrected chi connectivity index (χ2v) is 4.14. The maximum atomic E-state index is 11.7. The van der Waals surface area contributed by atoms with Crippen molar-refractivity contribution in [2.24, 2.45) is 0 Å². The van der Waals surface area contributed by atoms with Crippen molar-refractivity contribution < 1.29 is 9.53 Å². The number of amides is 1. The molecular formula is C11H18N6O2. The summed E-state index contributed by atoms with van der Waals surface area (Å²) in [6.07, 6.45) is 0. The topological polar surface area (TPSA) is 92.3 Å². The van der Waals surface area contributed by atoms with Crippen LogP contribution in [0.15, 0.2) is 0 Å². The van der Waals surface area contributed by atoms with Crippen LogP contribution in [0.3, 0.4) is 0 Å². The minimum absolute atomic E-state index is 0.0318. The van der Waals surface area contributed by atoms with E-state index in [4.69, 9.17) is 4.74 Å². The number of hydrogen-bond donors (Lipinski definition) is 2. The molecule has 0 radical (unpaired) electrons. The summed E-state index contributed by atoms with van der Waals surface area (Å²) in [5, 5.41) is 5.82. The predicted molar refractivity (Wildman–Crippen MR) is 70.4 cm³/mol. The van der Waals surface area contributed by atoms with E-state index >= 15 is 0 Å². The van der Waals surface area contributed by atoms with Crippen LogP contribution in [0.4, 0.5) is 11.9 Å². The molecule has 1 aromatic heterocycles. The molecule has 8 nitrogen and oxygen atoms in total. The molecule has 0 aliphatic carbocycles. The fourth-order valence-electron chi connectivity index (χ4n) is 1.86. The van der Waals surface area contributed by atoms with Crippen LogP contribution in [0.1, 0.15) is 13.8 Å². The van der Waals surface area contributed by atoms with E-state index in [-0.39, 0.29) is 18.0 Å². The fraction of sp³-hybridized carbons (Fsp3) is 0.636. The van der Waals surface area contributed by atoms with Crippen LogP contribution in [0.5, 0.6) is 6.01 Å². The average Bonchev–Trinajstić information content (AvgIpc) is 2.42. The molecule has 1 saturated heterocycles. The molecule has 0 saturated carbocycles. The van der Waals surface area contributed by atoms with Crippen LogP contribution in [0.2, 0.25) is 0 Å². The fourth-order valence-corrected chi connectivity index (χ4v) is 1.86. The van der Waals surface area contributed by atoms with Crippen molar-refractivity contribution in [3.05, 3.63) is 0 Å². The van der Waals surface area contributed by atoms with E-state index < -0.39 is 0 Å². The number of nitrogens with zero attached hydrogens (tertiary/aromatic N) is 4. The average molecular weight is 266 g/mol. The summed E-state index contributed by atoms with van der Waals surface area (Å²) in [6, 6.07) is -0.0746. The number of carbonyl (C=O) groups is 1. The van der Waals surface area contributed by atoms with E-state index in [1.54, 1.807) is 0 Å². The Labute approximate surface area is 111 Å². The van der Waals surface area contributed by atoms with Gasteiger partial charge in [0.05, 0.1) is 7.11 Å². The van der Waals surface area contributed by atoms with Crippen LogP contribution < -0.4 is 20.3 Å². The molecule has 0 spiro atoms. The van der Waals surface area contributed by atoms with Gasteiger partial charge in [-0.15, -0.1) is 0 Å². The molecule has 1 aliphatic rings. The Morgan fingerprint density at radius 1 is 1.47 bits per heavy atom. The molecule has 1 aliphatic heterocycles. The summed E-state index contributed by atoms with van der Waals surface area (Å²) in [4.78, 5) is 26.1. The van der Waals surface area contributed by atoms with E-state index in [1.165, 1.54) is 7.11 Å². The Morgan fingerprint density at radius 3 is 2.95 bits per heavy atom. The number of rotatable bonds is 4. The SMILES string of the molecule is CCNc1nc(OC)nc(N2CCNC(=O)C2C)n1. The normalized spacial score (nSPS) is 19.0. The highest BCUT2D eigenvalue weighted by Gasteiger charge is 2.28. The number of anilines is 2. The van der Waals surface area contributed by atoms with Crippen molar-refractivity contribution in [2.75, 3.05) is 37.0 Å². The van der Waals surface area contributed by atoms with Gasteiger partial charge in [-0.2, -0.15) is 15.0 Å². The summed E-state index contributed by atoms with van der Waals surface area (Å²) in [6.45, 7) is 5.70. The smallest absolute Gasteiger partial charge is 0.322 e. The van der Waals surface area contributed by atoms with Crippen molar-refractivity contribution in [3.63, 3.8) is 0 Å². The van der Waals surface area contributed by atoms with Gasteiger partial charge in [0.25, 0.3) is 0 Å². The van der Waals surface area contributed by atoms with Crippen molar-refractivity contribution >= 4 is 17.8 Å². The lowest BCUT2D eigenvalue weighted by molar-refractivity contribution is -0.122. The van der Waals surface area contributed by atoms with Gasteiger partial charge in [-0.1, -0.05) is 0 Å². The van der Waals surface area contributed by atoms with Crippen LogP contribution in [-0.2, 0) is 4.79 Å². The number of nitrogens with one attached hydrogen (secondary N) is 2. The second kappa shape index (κ2) is 5.68. The Kier molecular flexibility index (Phi) is 3.98. The van der Waals surface area contributed by atoms with Gasteiger partial charge in [0.15, 0.2) is 0 Å². The van der Waals surface area contributed by atoms with Crippen LogP contribution in [-0.4, -0.2) is 53.6 Å². The predicted octanol–water partition coefficient (Wildman–Crippen LogP) is -0.363. The van der Waals surface area contributed by atoms with Crippen LogP contribution in [0.25, 0.3) is 0 Å². The number of ether oxygens (including phenoxy) is 1. The van der Waals surface area contributed by atoms with Crippen LogP contribution >= 0.6 is 0 Å². The second-order valence-electron chi connectivity index (χ2n) is 4.14. The summed E-state index contributed by atoms with van der Waals surface area (Å²) < 4.78 is 5.07. The third-order valence-electron chi connectivity index (χ3n) is 2.88. The summed E-state index contributed by atoms with van der Waals surface area (Å²) in [5.74, 6) is 0.864. The number of piperazine rings is 1. The number of methoxy groups -OCH3 is 1. The lowest BCUT2D eigenvalue weighted by Crippen LogP contribution is -2.54. The molecule has 1 amide bonds. The number of aromatic nitrogens is 3. The first-order chi connectivity index (χ1) is 9.15. The molecule has 19 heavy (non-hydrogen) atoms. The molecule has 8 heteroatoms. The molecule has 1 unspecified atom stereocenters. The lowest BCUT2D eigenvalue weighted by atomic mass is 10.2. The van der Waals surface area contributed by atoms with Gasteiger partial charge < -0.3 is 20.3 Å². The summed E-state index contributed by atoms with van der Waals surface area (Å²) >= 11 is 0.